The maximum absolute atomic E-state index is 12.9. The fourth-order valence-corrected chi connectivity index (χ4v) is 4.60. The molecule has 0 atom stereocenters. The summed E-state index contributed by atoms with van der Waals surface area (Å²) in [6, 6.07) is 22.9. The van der Waals surface area contributed by atoms with E-state index in [0.29, 0.717) is 35.2 Å². The highest BCUT2D eigenvalue weighted by molar-refractivity contribution is 8.18. The van der Waals surface area contributed by atoms with Crippen LogP contribution in [0.2, 0.25) is 0 Å². The Morgan fingerprint density at radius 1 is 0.972 bits per heavy atom. The molecule has 4 rings (SSSR count). The van der Waals surface area contributed by atoms with E-state index in [-0.39, 0.29) is 24.3 Å². The van der Waals surface area contributed by atoms with Gasteiger partial charge in [-0.3, -0.25) is 14.5 Å². The molecule has 184 valence electrons. The molecule has 2 amide bonds. The van der Waals surface area contributed by atoms with E-state index in [1.165, 1.54) is 4.90 Å². The number of hydrogen-bond acceptors (Lipinski definition) is 6. The molecule has 1 heterocycles. The van der Waals surface area contributed by atoms with E-state index < -0.39 is 0 Å². The van der Waals surface area contributed by atoms with Gasteiger partial charge in [0.15, 0.2) is 11.5 Å². The standard InChI is InChI=1S/C29H27NO5S/c1-3-10-23-17-22(18-25(33-2)27(23)35-20-21-11-6-4-7-12-21)19-26-28(31)30(29(32)36-26)15-16-34-24-13-8-5-9-14-24/h3-9,11-14,17-19H,1,10,15-16,20H2,2H3/b26-19-. The number of nitrogens with zero attached hydrogens (tertiary/aromatic N) is 1. The second-order valence-electron chi connectivity index (χ2n) is 7.97. The number of allylic oxidation sites excluding steroid dienone is 1. The highest BCUT2D eigenvalue weighted by Crippen LogP contribution is 2.37. The van der Waals surface area contributed by atoms with Crippen molar-refractivity contribution in [2.75, 3.05) is 20.3 Å². The Kier molecular flexibility index (Phi) is 8.47. The molecular formula is C29H27NO5S. The first kappa shape index (κ1) is 25.1. The summed E-state index contributed by atoms with van der Waals surface area (Å²) in [5.74, 6) is 1.53. The third-order valence-electron chi connectivity index (χ3n) is 5.46. The molecule has 3 aromatic rings. The molecule has 0 N–H and O–H groups in total. The molecule has 7 heteroatoms. The van der Waals surface area contributed by atoms with E-state index in [9.17, 15) is 9.59 Å². The smallest absolute Gasteiger partial charge is 0.293 e. The number of ether oxygens (including phenoxy) is 3. The molecule has 1 aliphatic rings. The molecule has 0 aromatic heterocycles. The third kappa shape index (κ3) is 6.17. The molecular weight excluding hydrogens is 474 g/mol. The molecule has 1 fully saturated rings. The Balaban J connectivity index is 1.50. The monoisotopic (exact) mass is 501 g/mol. The molecule has 3 aromatic carbocycles. The normalized spacial score (nSPS) is 14.2. The summed E-state index contributed by atoms with van der Waals surface area (Å²) in [7, 11) is 1.58. The van der Waals surface area contributed by atoms with Crippen molar-refractivity contribution in [3.05, 3.63) is 107 Å². The number of para-hydroxylation sites is 1. The predicted octanol–water partition coefficient (Wildman–Crippen LogP) is 6.12. The van der Waals surface area contributed by atoms with Gasteiger partial charge in [0.1, 0.15) is 19.0 Å². The lowest BCUT2D eigenvalue weighted by Crippen LogP contribution is -2.32. The van der Waals surface area contributed by atoms with Crippen molar-refractivity contribution < 1.29 is 23.8 Å². The van der Waals surface area contributed by atoms with E-state index in [4.69, 9.17) is 14.2 Å². The molecule has 0 spiro atoms. The number of rotatable bonds is 11. The van der Waals surface area contributed by atoms with Gasteiger partial charge in [0.25, 0.3) is 11.1 Å². The van der Waals surface area contributed by atoms with Gasteiger partial charge in [0.2, 0.25) is 0 Å². The van der Waals surface area contributed by atoms with Crippen LogP contribution >= 0.6 is 11.8 Å². The minimum absolute atomic E-state index is 0.175. The summed E-state index contributed by atoms with van der Waals surface area (Å²) in [6.45, 7) is 4.64. The zero-order valence-electron chi connectivity index (χ0n) is 20.0. The lowest BCUT2D eigenvalue weighted by molar-refractivity contribution is -0.123. The van der Waals surface area contributed by atoms with Crippen molar-refractivity contribution in [2.24, 2.45) is 0 Å². The largest absolute Gasteiger partial charge is 0.493 e. The molecule has 1 saturated heterocycles. The van der Waals surface area contributed by atoms with Crippen LogP contribution in [0.25, 0.3) is 6.08 Å². The van der Waals surface area contributed by atoms with Crippen molar-refractivity contribution >= 4 is 29.0 Å². The summed E-state index contributed by atoms with van der Waals surface area (Å²) in [5.41, 5.74) is 2.65. The van der Waals surface area contributed by atoms with Crippen molar-refractivity contribution in [3.8, 4) is 17.2 Å². The Labute approximate surface area is 215 Å². The number of carbonyl (C=O) groups excluding carboxylic acids is 2. The van der Waals surface area contributed by atoms with Crippen LogP contribution in [0.3, 0.4) is 0 Å². The molecule has 0 radical (unpaired) electrons. The zero-order chi connectivity index (χ0) is 25.3. The van der Waals surface area contributed by atoms with E-state index in [2.05, 4.69) is 6.58 Å². The van der Waals surface area contributed by atoms with Crippen LogP contribution in [0.15, 0.2) is 90.4 Å². The number of imide groups is 1. The third-order valence-corrected chi connectivity index (χ3v) is 6.37. The molecule has 0 unspecified atom stereocenters. The van der Waals surface area contributed by atoms with Crippen LogP contribution < -0.4 is 14.2 Å². The summed E-state index contributed by atoms with van der Waals surface area (Å²) >= 11 is 0.918. The molecule has 36 heavy (non-hydrogen) atoms. The molecule has 6 nitrogen and oxygen atoms in total. The topological polar surface area (TPSA) is 65.1 Å². The van der Waals surface area contributed by atoms with Gasteiger partial charge >= 0.3 is 0 Å². The number of benzene rings is 3. The van der Waals surface area contributed by atoms with Gasteiger partial charge in [-0.05, 0) is 59.7 Å². The highest BCUT2D eigenvalue weighted by Gasteiger charge is 2.35. The number of methoxy groups -OCH3 is 1. The van der Waals surface area contributed by atoms with Crippen LogP contribution in [0.5, 0.6) is 17.2 Å². The minimum Gasteiger partial charge on any atom is -0.493 e. The van der Waals surface area contributed by atoms with Gasteiger partial charge in [0.05, 0.1) is 18.6 Å². The molecule has 1 aliphatic heterocycles. The van der Waals surface area contributed by atoms with Crippen LogP contribution in [-0.2, 0) is 17.8 Å². The van der Waals surface area contributed by atoms with Crippen LogP contribution in [-0.4, -0.2) is 36.3 Å². The SMILES string of the molecule is C=CCc1cc(/C=C2\SC(=O)N(CCOc3ccccc3)C2=O)cc(OC)c1OCc1ccccc1. The summed E-state index contributed by atoms with van der Waals surface area (Å²) in [4.78, 5) is 27.0. The molecule has 0 aliphatic carbocycles. The van der Waals surface area contributed by atoms with Crippen molar-refractivity contribution in [3.63, 3.8) is 0 Å². The van der Waals surface area contributed by atoms with E-state index in [0.717, 1.165) is 28.5 Å². The molecule has 0 saturated carbocycles. The van der Waals surface area contributed by atoms with Gasteiger partial charge in [-0.2, -0.15) is 0 Å². The Bertz CT molecular complexity index is 1260. The lowest BCUT2D eigenvalue weighted by Gasteiger charge is -2.16. The van der Waals surface area contributed by atoms with Crippen LogP contribution in [0.1, 0.15) is 16.7 Å². The first-order valence-electron chi connectivity index (χ1n) is 11.5. The second-order valence-corrected chi connectivity index (χ2v) is 8.97. The highest BCUT2D eigenvalue weighted by atomic mass is 32.2. The van der Waals surface area contributed by atoms with Gasteiger partial charge in [0, 0.05) is 5.56 Å². The van der Waals surface area contributed by atoms with Gasteiger partial charge < -0.3 is 14.2 Å². The first-order chi connectivity index (χ1) is 17.6. The minimum atomic E-state index is -0.338. The Morgan fingerprint density at radius 3 is 2.39 bits per heavy atom. The van der Waals surface area contributed by atoms with Gasteiger partial charge in [-0.25, -0.2) is 0 Å². The zero-order valence-corrected chi connectivity index (χ0v) is 20.8. The first-order valence-corrected chi connectivity index (χ1v) is 12.3. The van der Waals surface area contributed by atoms with Crippen molar-refractivity contribution in [1.29, 1.82) is 0 Å². The quantitative estimate of drug-likeness (QED) is 0.233. The Morgan fingerprint density at radius 2 is 1.69 bits per heavy atom. The van der Waals surface area contributed by atoms with Crippen LogP contribution in [0.4, 0.5) is 4.79 Å². The fourth-order valence-electron chi connectivity index (χ4n) is 3.73. The van der Waals surface area contributed by atoms with Crippen molar-refractivity contribution in [2.45, 2.75) is 13.0 Å². The number of carbonyl (C=O) groups is 2. The predicted molar refractivity (Wildman–Crippen MR) is 142 cm³/mol. The summed E-state index contributed by atoms with van der Waals surface area (Å²) < 4.78 is 17.4. The molecule has 0 bridgehead atoms. The van der Waals surface area contributed by atoms with Gasteiger partial charge in [-0.1, -0.05) is 54.6 Å². The fraction of sp³-hybridized carbons (Fsp3) is 0.172. The second kappa shape index (κ2) is 12.1. The number of hydrogen-bond donors (Lipinski definition) is 0. The average Bonchev–Trinajstić information content (AvgIpc) is 3.16. The number of amides is 2. The van der Waals surface area contributed by atoms with E-state index in [1.54, 1.807) is 25.3 Å². The summed E-state index contributed by atoms with van der Waals surface area (Å²) in [6.07, 6.45) is 4.05. The maximum Gasteiger partial charge on any atom is 0.293 e. The van der Waals surface area contributed by atoms with Crippen LogP contribution in [0, 0.1) is 0 Å². The number of thioether (sulfide) groups is 1. The van der Waals surface area contributed by atoms with E-state index in [1.807, 2.05) is 66.7 Å². The average molecular weight is 502 g/mol. The van der Waals surface area contributed by atoms with E-state index >= 15 is 0 Å². The maximum atomic E-state index is 12.9. The Hall–Kier alpha value is -3.97. The summed E-state index contributed by atoms with van der Waals surface area (Å²) in [5, 5.41) is -0.316. The van der Waals surface area contributed by atoms with Gasteiger partial charge in [-0.15, -0.1) is 6.58 Å². The lowest BCUT2D eigenvalue weighted by atomic mass is 10.0. The van der Waals surface area contributed by atoms with Crippen molar-refractivity contribution in [1.82, 2.24) is 4.90 Å².